The molecular formula is C27H26F3N5O2. The predicted octanol–water partition coefficient (Wildman–Crippen LogP) is 5.66. The zero-order valence-corrected chi connectivity index (χ0v) is 20.8. The van der Waals surface area contributed by atoms with Gasteiger partial charge in [-0.1, -0.05) is 32.9 Å². The first-order valence-corrected chi connectivity index (χ1v) is 11.5. The molecular weight excluding hydrogens is 483 g/mol. The highest BCUT2D eigenvalue weighted by molar-refractivity contribution is 6.09. The van der Waals surface area contributed by atoms with Gasteiger partial charge in [-0.05, 0) is 48.4 Å². The fourth-order valence-corrected chi connectivity index (χ4v) is 3.79. The molecule has 10 heteroatoms. The van der Waals surface area contributed by atoms with Gasteiger partial charge in [-0.3, -0.25) is 14.6 Å². The van der Waals surface area contributed by atoms with Crippen molar-refractivity contribution in [1.82, 2.24) is 20.1 Å². The Morgan fingerprint density at radius 1 is 1.00 bits per heavy atom. The van der Waals surface area contributed by atoms with Gasteiger partial charge in [0.25, 0.3) is 5.91 Å². The molecule has 0 saturated carbocycles. The van der Waals surface area contributed by atoms with Gasteiger partial charge in [0.05, 0.1) is 40.4 Å². The number of fused-ring (bicyclic) bond motifs is 1. The van der Waals surface area contributed by atoms with E-state index in [1.807, 2.05) is 13.0 Å². The van der Waals surface area contributed by atoms with Gasteiger partial charge >= 0.3 is 6.18 Å². The number of nitrogens with zero attached hydrogens (tertiary/aromatic N) is 3. The summed E-state index contributed by atoms with van der Waals surface area (Å²) in [4.78, 5) is 29.5. The number of benzene rings is 2. The van der Waals surface area contributed by atoms with E-state index in [2.05, 4.69) is 20.7 Å². The van der Waals surface area contributed by atoms with Crippen LogP contribution in [0.5, 0.6) is 0 Å². The number of rotatable bonds is 5. The van der Waals surface area contributed by atoms with E-state index >= 15 is 0 Å². The molecule has 2 heterocycles. The molecule has 2 aromatic heterocycles. The van der Waals surface area contributed by atoms with Gasteiger partial charge in [0.1, 0.15) is 0 Å². The largest absolute Gasteiger partial charge is 0.417 e. The molecule has 0 unspecified atom stereocenters. The summed E-state index contributed by atoms with van der Waals surface area (Å²) in [6.07, 6.45) is 0.150. The van der Waals surface area contributed by atoms with Crippen LogP contribution in [0.2, 0.25) is 0 Å². The lowest BCUT2D eigenvalue weighted by atomic mass is 9.95. The Balaban J connectivity index is 1.66. The first-order valence-electron chi connectivity index (χ1n) is 11.5. The fourth-order valence-electron chi connectivity index (χ4n) is 3.79. The van der Waals surface area contributed by atoms with Crippen LogP contribution in [0.1, 0.15) is 47.8 Å². The minimum atomic E-state index is -4.74. The average Bonchev–Trinajstić information content (AvgIpc) is 3.26. The van der Waals surface area contributed by atoms with Crippen molar-refractivity contribution in [2.75, 3.05) is 5.32 Å². The molecule has 0 saturated heterocycles. The van der Waals surface area contributed by atoms with Crippen molar-refractivity contribution in [3.8, 4) is 5.69 Å². The topological polar surface area (TPSA) is 88.9 Å². The van der Waals surface area contributed by atoms with E-state index < -0.39 is 28.6 Å². The van der Waals surface area contributed by atoms with E-state index in [9.17, 15) is 22.8 Å². The highest BCUT2D eigenvalue weighted by Crippen LogP contribution is 2.34. The van der Waals surface area contributed by atoms with E-state index in [0.29, 0.717) is 27.8 Å². The van der Waals surface area contributed by atoms with Crippen molar-refractivity contribution < 1.29 is 22.8 Å². The summed E-state index contributed by atoms with van der Waals surface area (Å²) in [7, 11) is 0. The standard InChI is InChI=1S/C27H26F3N5O2/c1-16-10-18(14-31-12-16)35-23-7-5-6-22(20(23)15-33-35)34-24(36)19-11-17(8-9-21(19)27(28,29)30)13-32-25(37)26(2,3)4/h5-12,14-15H,13H2,1-4H3,(H,32,37)(H,34,36). The lowest BCUT2D eigenvalue weighted by molar-refractivity contribution is -0.138. The fraction of sp³-hybridized carbons (Fsp3) is 0.259. The highest BCUT2D eigenvalue weighted by Gasteiger charge is 2.35. The maximum atomic E-state index is 13.8. The lowest BCUT2D eigenvalue weighted by Gasteiger charge is -2.19. The Morgan fingerprint density at radius 2 is 1.76 bits per heavy atom. The van der Waals surface area contributed by atoms with Crippen LogP contribution < -0.4 is 10.6 Å². The quantitative estimate of drug-likeness (QED) is 0.363. The molecule has 37 heavy (non-hydrogen) atoms. The van der Waals surface area contributed by atoms with Crippen LogP contribution in [0.15, 0.2) is 61.1 Å². The molecule has 2 aromatic carbocycles. The molecule has 7 nitrogen and oxygen atoms in total. The van der Waals surface area contributed by atoms with Crippen LogP contribution in [0.3, 0.4) is 0 Å². The lowest BCUT2D eigenvalue weighted by Crippen LogP contribution is -2.34. The summed E-state index contributed by atoms with van der Waals surface area (Å²) in [5.41, 5.74) is 0.713. The first kappa shape index (κ1) is 25.9. The number of carbonyl (C=O) groups excluding carboxylic acids is 2. The van der Waals surface area contributed by atoms with Crippen molar-refractivity contribution >= 4 is 28.4 Å². The van der Waals surface area contributed by atoms with E-state index in [-0.39, 0.29) is 12.5 Å². The van der Waals surface area contributed by atoms with E-state index in [4.69, 9.17) is 0 Å². The maximum absolute atomic E-state index is 13.8. The van der Waals surface area contributed by atoms with Gasteiger partial charge in [0.2, 0.25) is 5.91 Å². The summed E-state index contributed by atoms with van der Waals surface area (Å²) in [5.74, 6) is -1.18. The Labute approximate surface area is 211 Å². The number of carbonyl (C=O) groups is 2. The molecule has 0 fully saturated rings. The molecule has 0 aliphatic carbocycles. The summed E-state index contributed by atoms with van der Waals surface area (Å²) in [6, 6.07) is 10.2. The third-order valence-corrected chi connectivity index (χ3v) is 5.74. The normalized spacial score (nSPS) is 12.0. The number of aryl methyl sites for hydroxylation is 1. The Kier molecular flexibility index (Phi) is 6.77. The molecule has 2 N–H and O–H groups in total. The molecule has 0 aliphatic rings. The monoisotopic (exact) mass is 509 g/mol. The second-order valence-electron chi connectivity index (χ2n) is 9.78. The summed E-state index contributed by atoms with van der Waals surface area (Å²) in [6.45, 7) is 7.07. The smallest absolute Gasteiger partial charge is 0.352 e. The molecule has 4 aromatic rings. The zero-order chi connectivity index (χ0) is 27.0. The third kappa shape index (κ3) is 5.63. The highest BCUT2D eigenvalue weighted by atomic mass is 19.4. The molecule has 0 atom stereocenters. The summed E-state index contributed by atoms with van der Waals surface area (Å²) in [5, 5.41) is 10.2. The molecule has 0 spiro atoms. The van der Waals surface area contributed by atoms with Gasteiger partial charge < -0.3 is 10.6 Å². The minimum Gasteiger partial charge on any atom is -0.352 e. The van der Waals surface area contributed by atoms with Crippen LogP contribution >= 0.6 is 0 Å². The number of alkyl halides is 3. The van der Waals surface area contributed by atoms with E-state index in [1.54, 1.807) is 56.0 Å². The van der Waals surface area contributed by atoms with E-state index in [0.717, 1.165) is 17.7 Å². The number of nitrogens with one attached hydrogen (secondary N) is 2. The van der Waals surface area contributed by atoms with Crippen molar-refractivity contribution in [3.05, 3.63) is 83.3 Å². The van der Waals surface area contributed by atoms with Crippen LogP contribution in [0, 0.1) is 12.3 Å². The van der Waals surface area contributed by atoms with Crippen molar-refractivity contribution in [3.63, 3.8) is 0 Å². The average molecular weight is 510 g/mol. The molecule has 0 aliphatic heterocycles. The van der Waals surface area contributed by atoms with Gasteiger partial charge in [-0.25, -0.2) is 4.68 Å². The van der Waals surface area contributed by atoms with Gasteiger partial charge in [0, 0.05) is 23.5 Å². The number of halogens is 3. The molecule has 4 rings (SSSR count). The van der Waals surface area contributed by atoms with Crippen molar-refractivity contribution in [2.24, 2.45) is 5.41 Å². The predicted molar refractivity (Wildman–Crippen MR) is 134 cm³/mol. The second-order valence-corrected chi connectivity index (χ2v) is 9.78. The number of pyridine rings is 1. The van der Waals surface area contributed by atoms with Crippen molar-refractivity contribution in [1.29, 1.82) is 0 Å². The van der Waals surface area contributed by atoms with Crippen LogP contribution in [-0.4, -0.2) is 26.6 Å². The third-order valence-electron chi connectivity index (χ3n) is 5.74. The van der Waals surface area contributed by atoms with Crippen LogP contribution in [0.25, 0.3) is 16.6 Å². The SMILES string of the molecule is Cc1cncc(-n2ncc3c(NC(=O)c4cc(CNC(=O)C(C)(C)C)ccc4C(F)(F)F)cccc32)c1. The molecule has 0 radical (unpaired) electrons. The maximum Gasteiger partial charge on any atom is 0.417 e. The number of hydrogen-bond acceptors (Lipinski definition) is 4. The van der Waals surface area contributed by atoms with Gasteiger partial charge in [0.15, 0.2) is 0 Å². The van der Waals surface area contributed by atoms with Crippen LogP contribution in [-0.2, 0) is 17.5 Å². The Hall–Kier alpha value is -4.21. The number of anilines is 1. The van der Waals surface area contributed by atoms with E-state index in [1.165, 1.54) is 12.3 Å². The summed E-state index contributed by atoms with van der Waals surface area (Å²) < 4.78 is 42.9. The minimum absolute atomic E-state index is 0.0125. The molecule has 0 bridgehead atoms. The Bertz CT molecular complexity index is 1490. The molecule has 2 amide bonds. The number of amides is 2. The number of hydrogen-bond donors (Lipinski definition) is 2. The zero-order valence-electron chi connectivity index (χ0n) is 20.8. The number of aromatic nitrogens is 3. The first-order chi connectivity index (χ1) is 17.3. The van der Waals surface area contributed by atoms with Gasteiger partial charge in [-0.2, -0.15) is 18.3 Å². The molecule has 192 valence electrons. The summed E-state index contributed by atoms with van der Waals surface area (Å²) >= 11 is 0. The van der Waals surface area contributed by atoms with Crippen LogP contribution in [0.4, 0.5) is 18.9 Å². The van der Waals surface area contributed by atoms with Crippen molar-refractivity contribution in [2.45, 2.75) is 40.4 Å². The Morgan fingerprint density at radius 3 is 2.43 bits per heavy atom. The second kappa shape index (κ2) is 9.68. The van der Waals surface area contributed by atoms with Gasteiger partial charge in [-0.15, -0.1) is 0 Å².